The zero-order valence-electron chi connectivity index (χ0n) is 46.0. The maximum atomic E-state index is 12.8. The lowest BCUT2D eigenvalue weighted by molar-refractivity contribution is -0.167. The van der Waals surface area contributed by atoms with Crippen LogP contribution in [0.1, 0.15) is 343 Å². The number of carbonyl (C=O) groups excluding carboxylic acids is 3. The van der Waals surface area contributed by atoms with Gasteiger partial charge in [-0.3, -0.25) is 14.4 Å². The molecular formula is C61H118O6. The third-order valence-electron chi connectivity index (χ3n) is 14.3. The van der Waals surface area contributed by atoms with Crippen molar-refractivity contribution in [3.63, 3.8) is 0 Å². The highest BCUT2D eigenvalue weighted by atomic mass is 16.6. The maximum Gasteiger partial charge on any atom is 0.306 e. The highest BCUT2D eigenvalue weighted by Gasteiger charge is 2.19. The van der Waals surface area contributed by atoms with Crippen LogP contribution in [0.25, 0.3) is 0 Å². The van der Waals surface area contributed by atoms with Crippen LogP contribution in [-0.4, -0.2) is 37.2 Å². The Morgan fingerprint density at radius 2 is 0.567 bits per heavy atom. The lowest BCUT2D eigenvalue weighted by Crippen LogP contribution is -2.30. The first-order valence-corrected chi connectivity index (χ1v) is 30.3. The summed E-state index contributed by atoms with van der Waals surface area (Å²) in [5, 5.41) is 0. The smallest absolute Gasteiger partial charge is 0.306 e. The summed E-state index contributed by atoms with van der Waals surface area (Å²) in [7, 11) is 0. The van der Waals surface area contributed by atoms with E-state index < -0.39 is 6.10 Å². The van der Waals surface area contributed by atoms with Crippen molar-refractivity contribution in [1.82, 2.24) is 0 Å². The van der Waals surface area contributed by atoms with Gasteiger partial charge in [0.1, 0.15) is 13.2 Å². The molecule has 0 aliphatic rings. The average Bonchev–Trinajstić information content (AvgIpc) is 3.31. The summed E-state index contributed by atoms with van der Waals surface area (Å²) >= 11 is 0. The van der Waals surface area contributed by atoms with Gasteiger partial charge in [-0.15, -0.1) is 0 Å². The van der Waals surface area contributed by atoms with E-state index in [9.17, 15) is 14.4 Å². The Morgan fingerprint density at radius 1 is 0.313 bits per heavy atom. The zero-order chi connectivity index (χ0) is 48.9. The molecule has 67 heavy (non-hydrogen) atoms. The molecule has 0 aromatic carbocycles. The summed E-state index contributed by atoms with van der Waals surface area (Å²) < 4.78 is 16.9. The first kappa shape index (κ1) is 65.4. The normalized spacial score (nSPS) is 12.4. The number of hydrogen-bond acceptors (Lipinski definition) is 6. The van der Waals surface area contributed by atoms with E-state index in [4.69, 9.17) is 14.2 Å². The molecule has 0 saturated carbocycles. The van der Waals surface area contributed by atoms with Crippen molar-refractivity contribution in [2.24, 2.45) is 11.8 Å². The first-order chi connectivity index (χ1) is 32.8. The van der Waals surface area contributed by atoms with Crippen LogP contribution in [0.15, 0.2) is 0 Å². The predicted molar refractivity (Wildman–Crippen MR) is 289 cm³/mol. The van der Waals surface area contributed by atoms with E-state index in [1.807, 2.05) is 0 Å². The number of esters is 3. The van der Waals surface area contributed by atoms with Crippen LogP contribution in [0.2, 0.25) is 0 Å². The molecule has 0 aliphatic carbocycles. The van der Waals surface area contributed by atoms with Gasteiger partial charge < -0.3 is 14.2 Å². The SMILES string of the molecule is CCCCCCCCCCCCCC(=O)O[C@@H](COC(=O)CCCCCCCCCCCCCCCCCCCCC(C)CC)COC(=O)CCCCCCCCCCCCCCCC(C)C. The molecule has 0 heterocycles. The minimum absolute atomic E-state index is 0.0624. The number of rotatable bonds is 55. The van der Waals surface area contributed by atoms with Gasteiger partial charge >= 0.3 is 17.9 Å². The number of unbranched alkanes of at least 4 members (excludes halogenated alkanes) is 39. The lowest BCUT2D eigenvalue weighted by Gasteiger charge is -2.18. The molecule has 0 amide bonds. The summed E-state index contributed by atoms with van der Waals surface area (Å²) in [6.45, 7) is 11.5. The second kappa shape index (κ2) is 53.8. The summed E-state index contributed by atoms with van der Waals surface area (Å²) in [5.74, 6) is 0.912. The monoisotopic (exact) mass is 947 g/mol. The fourth-order valence-corrected chi connectivity index (χ4v) is 9.37. The molecule has 398 valence electrons. The van der Waals surface area contributed by atoms with E-state index in [1.165, 1.54) is 231 Å². The van der Waals surface area contributed by atoms with Gasteiger partial charge in [-0.2, -0.15) is 0 Å². The van der Waals surface area contributed by atoms with Gasteiger partial charge in [-0.1, -0.05) is 304 Å². The molecule has 0 saturated heterocycles. The van der Waals surface area contributed by atoms with Crippen LogP contribution in [0.5, 0.6) is 0 Å². The van der Waals surface area contributed by atoms with E-state index in [-0.39, 0.29) is 31.1 Å². The second-order valence-electron chi connectivity index (χ2n) is 21.7. The molecule has 0 fully saturated rings. The minimum Gasteiger partial charge on any atom is -0.462 e. The minimum atomic E-state index is -0.762. The van der Waals surface area contributed by atoms with E-state index in [0.717, 1.165) is 69.6 Å². The van der Waals surface area contributed by atoms with E-state index >= 15 is 0 Å². The number of ether oxygens (including phenoxy) is 3. The molecule has 0 aliphatic heterocycles. The summed E-state index contributed by atoms with van der Waals surface area (Å²) in [5.41, 5.74) is 0. The summed E-state index contributed by atoms with van der Waals surface area (Å²) in [6.07, 6.45) is 58.1. The molecular weight excluding hydrogens is 829 g/mol. The quantitative estimate of drug-likeness (QED) is 0.0343. The molecule has 0 rings (SSSR count). The topological polar surface area (TPSA) is 78.9 Å². The van der Waals surface area contributed by atoms with Gasteiger partial charge in [0.05, 0.1) is 0 Å². The van der Waals surface area contributed by atoms with E-state index in [1.54, 1.807) is 0 Å². The largest absolute Gasteiger partial charge is 0.462 e. The fourth-order valence-electron chi connectivity index (χ4n) is 9.37. The van der Waals surface area contributed by atoms with Gasteiger partial charge in [0, 0.05) is 19.3 Å². The van der Waals surface area contributed by atoms with Crippen molar-refractivity contribution in [3.8, 4) is 0 Å². The Morgan fingerprint density at radius 3 is 0.851 bits per heavy atom. The molecule has 0 spiro atoms. The number of carbonyl (C=O) groups is 3. The van der Waals surface area contributed by atoms with Crippen molar-refractivity contribution in [2.75, 3.05) is 13.2 Å². The lowest BCUT2D eigenvalue weighted by atomic mass is 9.99. The van der Waals surface area contributed by atoms with Crippen molar-refractivity contribution in [1.29, 1.82) is 0 Å². The number of hydrogen-bond donors (Lipinski definition) is 0. The standard InChI is InChI=1S/C61H118O6/c1-6-8-9-10-11-12-24-33-38-43-48-53-61(64)67-58(55-66-60(63)52-47-42-37-32-28-23-19-20-25-29-34-39-44-49-56(3)4)54-65-59(62)51-46-41-36-31-27-22-18-16-14-13-15-17-21-26-30-35-40-45-50-57(5)7-2/h56-58H,6-55H2,1-5H3/t57?,58-/m0/s1. The molecule has 1 unspecified atom stereocenters. The molecule has 0 bridgehead atoms. The zero-order valence-corrected chi connectivity index (χ0v) is 46.0. The van der Waals surface area contributed by atoms with Crippen LogP contribution >= 0.6 is 0 Å². The molecule has 0 aromatic rings. The van der Waals surface area contributed by atoms with Crippen molar-refractivity contribution in [2.45, 2.75) is 349 Å². The van der Waals surface area contributed by atoms with Crippen molar-refractivity contribution < 1.29 is 28.6 Å². The van der Waals surface area contributed by atoms with Gasteiger partial charge in [0.25, 0.3) is 0 Å². The van der Waals surface area contributed by atoms with Crippen LogP contribution in [0.4, 0.5) is 0 Å². The Balaban J connectivity index is 4.20. The Kier molecular flexibility index (Phi) is 52.5. The molecule has 0 N–H and O–H groups in total. The average molecular weight is 948 g/mol. The predicted octanol–water partition coefficient (Wildman–Crippen LogP) is 20.0. The van der Waals surface area contributed by atoms with Gasteiger partial charge in [0.2, 0.25) is 0 Å². The van der Waals surface area contributed by atoms with E-state index in [0.29, 0.717) is 19.3 Å². The molecule has 6 heteroatoms. The third-order valence-corrected chi connectivity index (χ3v) is 14.3. The summed E-state index contributed by atoms with van der Waals surface area (Å²) in [4.78, 5) is 38.1. The summed E-state index contributed by atoms with van der Waals surface area (Å²) in [6, 6.07) is 0. The van der Waals surface area contributed by atoms with Gasteiger partial charge in [0.15, 0.2) is 6.10 Å². The fraction of sp³-hybridized carbons (Fsp3) is 0.951. The van der Waals surface area contributed by atoms with Crippen LogP contribution in [0.3, 0.4) is 0 Å². The highest BCUT2D eigenvalue weighted by molar-refractivity contribution is 5.71. The van der Waals surface area contributed by atoms with Crippen molar-refractivity contribution >= 4 is 17.9 Å². The van der Waals surface area contributed by atoms with Gasteiger partial charge in [-0.25, -0.2) is 0 Å². The Bertz CT molecular complexity index is 1030. The second-order valence-corrected chi connectivity index (χ2v) is 21.7. The Hall–Kier alpha value is -1.59. The molecule has 0 radical (unpaired) electrons. The third kappa shape index (κ3) is 53.6. The molecule has 0 aromatic heterocycles. The molecule has 2 atom stereocenters. The van der Waals surface area contributed by atoms with Crippen LogP contribution in [0, 0.1) is 11.8 Å². The van der Waals surface area contributed by atoms with Crippen LogP contribution < -0.4 is 0 Å². The highest BCUT2D eigenvalue weighted by Crippen LogP contribution is 2.19. The maximum absolute atomic E-state index is 12.8. The van der Waals surface area contributed by atoms with Crippen LogP contribution in [-0.2, 0) is 28.6 Å². The van der Waals surface area contributed by atoms with E-state index in [2.05, 4.69) is 34.6 Å². The Labute approximate surface area is 418 Å². The van der Waals surface area contributed by atoms with Crippen molar-refractivity contribution in [3.05, 3.63) is 0 Å². The first-order valence-electron chi connectivity index (χ1n) is 30.3. The molecule has 6 nitrogen and oxygen atoms in total. The van der Waals surface area contributed by atoms with Gasteiger partial charge in [-0.05, 0) is 31.1 Å².